The lowest BCUT2D eigenvalue weighted by atomic mass is 9.99. The van der Waals surface area contributed by atoms with Crippen molar-refractivity contribution in [2.24, 2.45) is 5.92 Å². The standard InChI is InChI=1S/C22H28N2O3S/c1-17-6-8-19(9-7-17)16-24(28(3,26)27)21-12-10-20(11-13-21)22(25)23-14-4-5-18(2)15-23/h6-13,18H,4-5,14-16H2,1-3H3/t18-/m0/s1. The minimum absolute atomic E-state index is 0.0162. The summed E-state index contributed by atoms with van der Waals surface area (Å²) in [4.78, 5) is 14.6. The predicted molar refractivity (Wildman–Crippen MR) is 113 cm³/mol. The molecule has 28 heavy (non-hydrogen) atoms. The van der Waals surface area contributed by atoms with Gasteiger partial charge >= 0.3 is 0 Å². The minimum Gasteiger partial charge on any atom is -0.338 e. The number of aryl methyl sites for hydroxylation is 1. The molecule has 1 saturated heterocycles. The SMILES string of the molecule is Cc1ccc(CN(c2ccc(C(=O)N3CCC[C@H](C)C3)cc2)S(C)(=O)=O)cc1. The van der Waals surface area contributed by atoms with Gasteiger partial charge in [-0.2, -0.15) is 0 Å². The molecular formula is C22H28N2O3S. The number of hydrogen-bond acceptors (Lipinski definition) is 3. The summed E-state index contributed by atoms with van der Waals surface area (Å²) in [5, 5.41) is 0. The quantitative estimate of drug-likeness (QED) is 0.766. The fraction of sp³-hybridized carbons (Fsp3) is 0.409. The molecule has 0 N–H and O–H groups in total. The molecule has 0 radical (unpaired) electrons. The summed E-state index contributed by atoms with van der Waals surface area (Å²) in [5.74, 6) is 0.537. The highest BCUT2D eigenvalue weighted by molar-refractivity contribution is 7.92. The highest BCUT2D eigenvalue weighted by atomic mass is 32.2. The number of amides is 1. The topological polar surface area (TPSA) is 57.7 Å². The molecule has 3 rings (SSSR count). The van der Waals surface area contributed by atoms with Crippen molar-refractivity contribution in [3.8, 4) is 0 Å². The van der Waals surface area contributed by atoms with Gasteiger partial charge in [0.15, 0.2) is 0 Å². The van der Waals surface area contributed by atoms with E-state index in [1.165, 1.54) is 10.6 Å². The summed E-state index contributed by atoms with van der Waals surface area (Å²) in [6.45, 7) is 5.99. The van der Waals surface area contributed by atoms with Crippen molar-refractivity contribution in [1.29, 1.82) is 0 Å². The van der Waals surface area contributed by atoms with Crippen molar-refractivity contribution < 1.29 is 13.2 Å². The van der Waals surface area contributed by atoms with Gasteiger partial charge in [0.05, 0.1) is 18.5 Å². The number of benzene rings is 2. The average molecular weight is 401 g/mol. The van der Waals surface area contributed by atoms with Gasteiger partial charge in [-0.1, -0.05) is 36.8 Å². The molecule has 2 aromatic carbocycles. The Morgan fingerprint density at radius 1 is 1.11 bits per heavy atom. The Labute approximate surface area is 168 Å². The number of rotatable bonds is 5. The second-order valence-electron chi connectivity index (χ2n) is 7.80. The van der Waals surface area contributed by atoms with Crippen LogP contribution < -0.4 is 4.31 Å². The molecule has 2 aromatic rings. The lowest BCUT2D eigenvalue weighted by molar-refractivity contribution is 0.0683. The molecule has 1 fully saturated rings. The minimum atomic E-state index is -3.45. The van der Waals surface area contributed by atoms with Crippen LogP contribution in [-0.4, -0.2) is 38.6 Å². The first-order valence-corrected chi connectivity index (χ1v) is 11.5. The van der Waals surface area contributed by atoms with Crippen molar-refractivity contribution in [3.63, 3.8) is 0 Å². The second kappa shape index (κ2) is 8.35. The number of nitrogens with zero attached hydrogens (tertiary/aromatic N) is 2. The summed E-state index contributed by atoms with van der Waals surface area (Å²) < 4.78 is 26.1. The van der Waals surface area contributed by atoms with Crippen LogP contribution in [0.4, 0.5) is 5.69 Å². The fourth-order valence-electron chi connectivity index (χ4n) is 3.59. The van der Waals surface area contributed by atoms with Crippen LogP contribution in [0.5, 0.6) is 0 Å². The number of carbonyl (C=O) groups is 1. The van der Waals surface area contributed by atoms with E-state index < -0.39 is 10.0 Å². The molecule has 1 amide bonds. The highest BCUT2D eigenvalue weighted by Gasteiger charge is 2.23. The third kappa shape index (κ3) is 4.93. The average Bonchev–Trinajstić information content (AvgIpc) is 2.66. The van der Waals surface area contributed by atoms with E-state index in [0.717, 1.165) is 37.1 Å². The zero-order valence-electron chi connectivity index (χ0n) is 16.8. The molecular weight excluding hydrogens is 372 g/mol. The smallest absolute Gasteiger partial charge is 0.253 e. The Morgan fingerprint density at radius 2 is 1.75 bits per heavy atom. The summed E-state index contributed by atoms with van der Waals surface area (Å²) in [5.41, 5.74) is 3.20. The Bertz CT molecular complexity index is 921. The maximum absolute atomic E-state index is 12.7. The van der Waals surface area contributed by atoms with Crippen LogP contribution in [0.2, 0.25) is 0 Å². The summed E-state index contributed by atoms with van der Waals surface area (Å²) >= 11 is 0. The molecule has 6 heteroatoms. The van der Waals surface area contributed by atoms with Crippen molar-refractivity contribution in [2.45, 2.75) is 33.2 Å². The lowest BCUT2D eigenvalue weighted by Crippen LogP contribution is -2.39. The first-order valence-electron chi connectivity index (χ1n) is 9.66. The van der Waals surface area contributed by atoms with E-state index >= 15 is 0 Å². The van der Waals surface area contributed by atoms with Gasteiger partial charge in [-0.3, -0.25) is 9.10 Å². The van der Waals surface area contributed by atoms with Crippen LogP contribution in [0.1, 0.15) is 41.3 Å². The molecule has 0 saturated carbocycles. The Kier molecular flexibility index (Phi) is 6.08. The third-order valence-corrected chi connectivity index (χ3v) is 6.33. The van der Waals surface area contributed by atoms with Gasteiger partial charge in [-0.05, 0) is 55.5 Å². The number of sulfonamides is 1. The van der Waals surface area contributed by atoms with Crippen LogP contribution in [0, 0.1) is 12.8 Å². The Morgan fingerprint density at radius 3 is 2.32 bits per heavy atom. The van der Waals surface area contributed by atoms with E-state index in [1.54, 1.807) is 24.3 Å². The number of piperidine rings is 1. The second-order valence-corrected chi connectivity index (χ2v) is 9.71. The van der Waals surface area contributed by atoms with Crippen molar-refractivity contribution in [2.75, 3.05) is 23.7 Å². The Balaban J connectivity index is 1.80. The van der Waals surface area contributed by atoms with Crippen LogP contribution >= 0.6 is 0 Å². The monoisotopic (exact) mass is 400 g/mol. The molecule has 5 nitrogen and oxygen atoms in total. The zero-order chi connectivity index (χ0) is 20.3. The van der Waals surface area contributed by atoms with Gasteiger partial charge in [-0.15, -0.1) is 0 Å². The molecule has 1 heterocycles. The van der Waals surface area contributed by atoms with E-state index in [9.17, 15) is 13.2 Å². The van der Waals surface area contributed by atoms with Crippen molar-refractivity contribution in [3.05, 3.63) is 65.2 Å². The molecule has 0 aliphatic carbocycles. The molecule has 1 aliphatic rings. The number of likely N-dealkylation sites (tertiary alicyclic amines) is 1. The zero-order valence-corrected chi connectivity index (χ0v) is 17.6. The number of anilines is 1. The van der Waals surface area contributed by atoms with Gasteiger partial charge in [0, 0.05) is 18.7 Å². The van der Waals surface area contributed by atoms with E-state index in [4.69, 9.17) is 0 Å². The lowest BCUT2D eigenvalue weighted by Gasteiger charge is -2.31. The summed E-state index contributed by atoms with van der Waals surface area (Å²) in [7, 11) is -3.45. The molecule has 150 valence electrons. The Hall–Kier alpha value is -2.34. The van der Waals surface area contributed by atoms with Gasteiger partial charge in [0.1, 0.15) is 0 Å². The van der Waals surface area contributed by atoms with Crippen molar-refractivity contribution >= 4 is 21.6 Å². The first-order chi connectivity index (χ1) is 13.2. The van der Waals surface area contributed by atoms with Gasteiger partial charge in [0.25, 0.3) is 5.91 Å². The first kappa shape index (κ1) is 20.4. The van der Waals surface area contributed by atoms with Crippen LogP contribution in [0.3, 0.4) is 0 Å². The van der Waals surface area contributed by atoms with E-state index in [2.05, 4.69) is 6.92 Å². The van der Waals surface area contributed by atoms with Crippen LogP contribution in [-0.2, 0) is 16.6 Å². The summed E-state index contributed by atoms with van der Waals surface area (Å²) in [6, 6.07) is 14.7. The number of hydrogen-bond donors (Lipinski definition) is 0. The maximum atomic E-state index is 12.7. The molecule has 0 spiro atoms. The van der Waals surface area contributed by atoms with Crippen molar-refractivity contribution in [1.82, 2.24) is 4.90 Å². The summed E-state index contributed by atoms with van der Waals surface area (Å²) in [6.07, 6.45) is 3.39. The number of carbonyl (C=O) groups excluding carboxylic acids is 1. The fourth-order valence-corrected chi connectivity index (χ4v) is 4.47. The predicted octanol–water partition coefficient (Wildman–Crippen LogP) is 3.83. The third-order valence-electron chi connectivity index (χ3n) is 5.19. The van der Waals surface area contributed by atoms with E-state index in [-0.39, 0.29) is 12.5 Å². The maximum Gasteiger partial charge on any atom is 0.253 e. The highest BCUT2D eigenvalue weighted by Crippen LogP contribution is 2.23. The molecule has 0 bridgehead atoms. The largest absolute Gasteiger partial charge is 0.338 e. The van der Waals surface area contributed by atoms with E-state index in [1.807, 2.05) is 36.1 Å². The molecule has 1 atom stereocenters. The normalized spacial score (nSPS) is 17.4. The van der Waals surface area contributed by atoms with Crippen LogP contribution in [0.25, 0.3) is 0 Å². The van der Waals surface area contributed by atoms with Gasteiger partial charge < -0.3 is 4.90 Å². The van der Waals surface area contributed by atoms with E-state index in [0.29, 0.717) is 17.2 Å². The molecule has 0 unspecified atom stereocenters. The molecule has 1 aliphatic heterocycles. The van der Waals surface area contributed by atoms with Gasteiger partial charge in [0.2, 0.25) is 10.0 Å². The van der Waals surface area contributed by atoms with Gasteiger partial charge in [-0.25, -0.2) is 8.42 Å². The molecule has 0 aromatic heterocycles. The van der Waals surface area contributed by atoms with Crippen LogP contribution in [0.15, 0.2) is 48.5 Å².